The molecule has 0 spiro atoms. The average Bonchev–Trinajstić information content (AvgIpc) is 2.71. The van der Waals surface area contributed by atoms with E-state index in [-0.39, 0.29) is 0 Å². The van der Waals surface area contributed by atoms with Crippen molar-refractivity contribution < 1.29 is 0 Å². The Morgan fingerprint density at radius 2 is 1.19 bits per heavy atom. The van der Waals surface area contributed by atoms with Crippen molar-refractivity contribution in [1.82, 2.24) is 5.32 Å². The molecular formula is C22H30N4. The molecule has 2 fully saturated rings. The number of piperazine rings is 2. The highest BCUT2D eigenvalue weighted by molar-refractivity contribution is 5.59. The van der Waals surface area contributed by atoms with Gasteiger partial charge in [0.2, 0.25) is 0 Å². The van der Waals surface area contributed by atoms with Crippen LogP contribution in [0.1, 0.15) is 11.1 Å². The van der Waals surface area contributed by atoms with E-state index in [9.17, 15) is 0 Å². The molecule has 2 aliphatic rings. The van der Waals surface area contributed by atoms with Crippen LogP contribution in [0.15, 0.2) is 42.5 Å². The van der Waals surface area contributed by atoms with Gasteiger partial charge in [0.05, 0.1) is 0 Å². The van der Waals surface area contributed by atoms with E-state index < -0.39 is 0 Å². The lowest BCUT2D eigenvalue weighted by molar-refractivity contribution is 0.589. The minimum Gasteiger partial charge on any atom is -0.369 e. The van der Waals surface area contributed by atoms with Crippen LogP contribution in [0.4, 0.5) is 17.1 Å². The summed E-state index contributed by atoms with van der Waals surface area (Å²) in [6.45, 7) is 13.1. The molecule has 4 heteroatoms. The topological polar surface area (TPSA) is 21.8 Å². The second kappa shape index (κ2) is 7.58. The molecule has 0 saturated carbocycles. The zero-order chi connectivity index (χ0) is 17.9. The summed E-state index contributed by atoms with van der Waals surface area (Å²) < 4.78 is 0. The maximum atomic E-state index is 3.42. The van der Waals surface area contributed by atoms with Crippen LogP contribution in [0.25, 0.3) is 0 Å². The molecule has 138 valence electrons. The number of benzene rings is 2. The summed E-state index contributed by atoms with van der Waals surface area (Å²) in [5, 5.41) is 3.42. The van der Waals surface area contributed by atoms with Gasteiger partial charge in [-0.15, -0.1) is 0 Å². The third kappa shape index (κ3) is 3.65. The fourth-order valence-corrected chi connectivity index (χ4v) is 4.06. The molecule has 4 rings (SSSR count). The first-order chi connectivity index (χ1) is 12.7. The first-order valence-corrected chi connectivity index (χ1v) is 9.83. The van der Waals surface area contributed by atoms with Crippen LogP contribution in [0.2, 0.25) is 0 Å². The average molecular weight is 351 g/mol. The number of nitrogens with one attached hydrogen (secondary N) is 1. The third-order valence-electron chi connectivity index (χ3n) is 5.68. The van der Waals surface area contributed by atoms with Gasteiger partial charge in [0.1, 0.15) is 0 Å². The van der Waals surface area contributed by atoms with Gasteiger partial charge in [0.25, 0.3) is 0 Å². The highest BCUT2D eigenvalue weighted by atomic mass is 15.3. The van der Waals surface area contributed by atoms with E-state index in [1.807, 2.05) is 0 Å². The van der Waals surface area contributed by atoms with Gasteiger partial charge in [-0.1, -0.05) is 12.1 Å². The predicted molar refractivity (Wildman–Crippen MR) is 112 cm³/mol. The van der Waals surface area contributed by atoms with Crippen LogP contribution in [0, 0.1) is 13.8 Å². The molecule has 0 amide bonds. The van der Waals surface area contributed by atoms with Crippen LogP contribution in [0.3, 0.4) is 0 Å². The SMILES string of the molecule is Cc1ccc(C)c(N2CCN(c3ccc(N4CCNCC4)cc3)CC2)c1. The van der Waals surface area contributed by atoms with Crippen molar-refractivity contribution >= 4 is 17.1 Å². The van der Waals surface area contributed by atoms with Crippen molar-refractivity contribution in [2.45, 2.75) is 13.8 Å². The smallest absolute Gasteiger partial charge is 0.0399 e. The van der Waals surface area contributed by atoms with Gasteiger partial charge in [0.15, 0.2) is 0 Å². The van der Waals surface area contributed by atoms with E-state index in [0.29, 0.717) is 0 Å². The Morgan fingerprint density at radius 3 is 1.81 bits per heavy atom. The zero-order valence-electron chi connectivity index (χ0n) is 16.0. The summed E-state index contributed by atoms with van der Waals surface area (Å²) in [4.78, 5) is 7.52. The van der Waals surface area contributed by atoms with E-state index in [2.05, 4.69) is 76.3 Å². The molecule has 0 radical (unpaired) electrons. The maximum absolute atomic E-state index is 3.42. The van der Waals surface area contributed by atoms with Gasteiger partial charge in [-0.3, -0.25) is 0 Å². The van der Waals surface area contributed by atoms with Gasteiger partial charge in [-0.25, -0.2) is 0 Å². The second-order valence-corrected chi connectivity index (χ2v) is 7.52. The van der Waals surface area contributed by atoms with Crippen molar-refractivity contribution in [3.63, 3.8) is 0 Å². The van der Waals surface area contributed by atoms with E-state index in [1.54, 1.807) is 0 Å². The molecule has 0 atom stereocenters. The number of aryl methyl sites for hydroxylation is 2. The summed E-state index contributed by atoms with van der Waals surface area (Å²) >= 11 is 0. The number of anilines is 3. The molecule has 2 saturated heterocycles. The predicted octanol–water partition coefficient (Wildman–Crippen LogP) is 3.04. The summed E-state index contributed by atoms with van der Waals surface area (Å²) in [7, 11) is 0. The monoisotopic (exact) mass is 350 g/mol. The number of hydrogen-bond donors (Lipinski definition) is 1. The molecule has 0 bridgehead atoms. The fraction of sp³-hybridized carbons (Fsp3) is 0.455. The standard InChI is InChI=1S/C22H30N4/c1-18-3-4-19(2)22(17-18)26-15-13-25(14-16-26)21-7-5-20(6-8-21)24-11-9-23-10-12-24/h3-8,17,23H,9-16H2,1-2H3. The maximum Gasteiger partial charge on any atom is 0.0399 e. The zero-order valence-corrected chi connectivity index (χ0v) is 16.0. The molecule has 0 aliphatic carbocycles. The molecule has 2 aromatic carbocycles. The highest BCUT2D eigenvalue weighted by Crippen LogP contribution is 2.26. The number of nitrogens with zero attached hydrogens (tertiary/aromatic N) is 3. The summed E-state index contributed by atoms with van der Waals surface area (Å²) in [5.41, 5.74) is 6.83. The Hall–Kier alpha value is -2.20. The number of hydrogen-bond acceptors (Lipinski definition) is 4. The summed E-state index contributed by atoms with van der Waals surface area (Å²) in [6, 6.07) is 15.9. The van der Waals surface area contributed by atoms with Gasteiger partial charge in [-0.2, -0.15) is 0 Å². The Bertz CT molecular complexity index is 726. The van der Waals surface area contributed by atoms with E-state index in [4.69, 9.17) is 0 Å². The molecule has 2 aliphatic heterocycles. The molecule has 0 unspecified atom stereocenters. The second-order valence-electron chi connectivity index (χ2n) is 7.52. The van der Waals surface area contributed by atoms with E-state index in [0.717, 1.165) is 52.4 Å². The Morgan fingerprint density at radius 1 is 0.654 bits per heavy atom. The Balaban J connectivity index is 1.39. The Labute approximate surface area is 157 Å². The van der Waals surface area contributed by atoms with Crippen LogP contribution in [-0.4, -0.2) is 52.4 Å². The minimum atomic E-state index is 1.08. The molecule has 26 heavy (non-hydrogen) atoms. The lowest BCUT2D eigenvalue weighted by Crippen LogP contribution is -2.46. The molecule has 2 heterocycles. The first-order valence-electron chi connectivity index (χ1n) is 9.83. The van der Waals surface area contributed by atoms with Crippen molar-refractivity contribution in [3.05, 3.63) is 53.6 Å². The molecule has 0 aromatic heterocycles. The Kier molecular flexibility index (Phi) is 5.02. The molecule has 1 N–H and O–H groups in total. The minimum absolute atomic E-state index is 1.08. The van der Waals surface area contributed by atoms with Crippen molar-refractivity contribution in [2.24, 2.45) is 0 Å². The number of rotatable bonds is 3. The third-order valence-corrected chi connectivity index (χ3v) is 5.68. The van der Waals surface area contributed by atoms with Crippen LogP contribution >= 0.6 is 0 Å². The van der Waals surface area contributed by atoms with Gasteiger partial charge >= 0.3 is 0 Å². The van der Waals surface area contributed by atoms with Gasteiger partial charge < -0.3 is 20.0 Å². The summed E-state index contributed by atoms with van der Waals surface area (Å²) in [6.07, 6.45) is 0. The van der Waals surface area contributed by atoms with Crippen LogP contribution < -0.4 is 20.0 Å². The highest BCUT2D eigenvalue weighted by Gasteiger charge is 2.19. The molecule has 2 aromatic rings. The normalized spacial score (nSPS) is 18.3. The van der Waals surface area contributed by atoms with E-state index >= 15 is 0 Å². The molecule has 4 nitrogen and oxygen atoms in total. The largest absolute Gasteiger partial charge is 0.369 e. The van der Waals surface area contributed by atoms with Gasteiger partial charge in [0, 0.05) is 69.4 Å². The fourth-order valence-electron chi connectivity index (χ4n) is 4.06. The van der Waals surface area contributed by atoms with Gasteiger partial charge in [-0.05, 0) is 55.3 Å². The van der Waals surface area contributed by atoms with Crippen molar-refractivity contribution in [2.75, 3.05) is 67.1 Å². The van der Waals surface area contributed by atoms with E-state index in [1.165, 1.54) is 28.2 Å². The van der Waals surface area contributed by atoms with Crippen molar-refractivity contribution in [3.8, 4) is 0 Å². The quantitative estimate of drug-likeness (QED) is 0.918. The summed E-state index contributed by atoms with van der Waals surface area (Å²) in [5.74, 6) is 0. The lowest BCUT2D eigenvalue weighted by Gasteiger charge is -2.38. The molecular weight excluding hydrogens is 320 g/mol. The lowest BCUT2D eigenvalue weighted by atomic mass is 10.1. The van der Waals surface area contributed by atoms with Crippen LogP contribution in [-0.2, 0) is 0 Å². The first kappa shape index (κ1) is 17.2. The van der Waals surface area contributed by atoms with Crippen LogP contribution in [0.5, 0.6) is 0 Å². The van der Waals surface area contributed by atoms with Crippen molar-refractivity contribution in [1.29, 1.82) is 0 Å².